The van der Waals surface area contributed by atoms with E-state index in [9.17, 15) is 4.79 Å². The van der Waals surface area contributed by atoms with Crippen LogP contribution in [-0.2, 0) is 0 Å². The van der Waals surface area contributed by atoms with Crippen LogP contribution in [0, 0.1) is 6.92 Å². The van der Waals surface area contributed by atoms with Crippen LogP contribution < -0.4 is 10.3 Å². The second-order valence-electron chi connectivity index (χ2n) is 7.78. The number of amides is 1. The van der Waals surface area contributed by atoms with Gasteiger partial charge in [-0.1, -0.05) is 29.3 Å². The highest BCUT2D eigenvalue weighted by Gasteiger charge is 2.30. The monoisotopic (exact) mass is 429 g/mol. The van der Waals surface area contributed by atoms with Gasteiger partial charge in [0.2, 0.25) is 0 Å². The SMILES string of the molecule is CCN1c2cc(C)c(/C=N\NC(=O)c3ccc(Cl)c(Cl)c3)cc2C(C)=CC1(C)C. The van der Waals surface area contributed by atoms with Crippen molar-refractivity contribution in [3.05, 3.63) is 68.7 Å². The maximum absolute atomic E-state index is 12.3. The average molecular weight is 430 g/mol. The fourth-order valence-corrected chi connectivity index (χ4v) is 4.12. The Kier molecular flexibility index (Phi) is 6.06. The van der Waals surface area contributed by atoms with E-state index >= 15 is 0 Å². The molecule has 0 radical (unpaired) electrons. The van der Waals surface area contributed by atoms with Crippen LogP contribution in [-0.4, -0.2) is 24.2 Å². The highest BCUT2D eigenvalue weighted by Crippen LogP contribution is 2.39. The van der Waals surface area contributed by atoms with Gasteiger partial charge in [0.25, 0.3) is 5.91 Å². The summed E-state index contributed by atoms with van der Waals surface area (Å²) in [4.78, 5) is 14.7. The summed E-state index contributed by atoms with van der Waals surface area (Å²) < 4.78 is 0. The van der Waals surface area contributed by atoms with Crippen LogP contribution >= 0.6 is 23.2 Å². The molecular weight excluding hydrogens is 405 g/mol. The molecule has 1 N–H and O–H groups in total. The Labute approximate surface area is 182 Å². The van der Waals surface area contributed by atoms with Crippen molar-refractivity contribution in [2.24, 2.45) is 5.10 Å². The molecule has 1 heterocycles. The number of carbonyl (C=O) groups is 1. The first kappa shape index (κ1) is 21.4. The number of nitrogens with one attached hydrogen (secondary N) is 1. The first-order valence-corrected chi connectivity index (χ1v) is 10.3. The molecule has 1 amide bonds. The van der Waals surface area contributed by atoms with E-state index in [1.165, 1.54) is 22.9 Å². The van der Waals surface area contributed by atoms with Gasteiger partial charge in [0, 0.05) is 23.4 Å². The van der Waals surface area contributed by atoms with E-state index in [1.807, 2.05) is 0 Å². The van der Waals surface area contributed by atoms with E-state index in [-0.39, 0.29) is 11.4 Å². The van der Waals surface area contributed by atoms with Crippen LogP contribution in [0.5, 0.6) is 0 Å². The van der Waals surface area contributed by atoms with Gasteiger partial charge in [-0.3, -0.25) is 4.79 Å². The molecule has 152 valence electrons. The van der Waals surface area contributed by atoms with Crippen molar-refractivity contribution in [1.82, 2.24) is 5.43 Å². The molecule has 0 aromatic heterocycles. The second-order valence-corrected chi connectivity index (χ2v) is 8.59. The topological polar surface area (TPSA) is 44.7 Å². The van der Waals surface area contributed by atoms with E-state index in [0.717, 1.165) is 17.7 Å². The van der Waals surface area contributed by atoms with Gasteiger partial charge in [-0.25, -0.2) is 5.43 Å². The fourth-order valence-electron chi connectivity index (χ4n) is 3.82. The van der Waals surface area contributed by atoms with Crippen molar-refractivity contribution in [2.45, 2.75) is 40.2 Å². The molecule has 0 atom stereocenters. The summed E-state index contributed by atoms with van der Waals surface area (Å²) in [6.45, 7) is 11.7. The van der Waals surface area contributed by atoms with E-state index in [0.29, 0.717) is 15.6 Å². The maximum Gasteiger partial charge on any atom is 0.271 e. The first-order valence-electron chi connectivity index (χ1n) is 9.54. The lowest BCUT2D eigenvalue weighted by Gasteiger charge is -2.43. The molecule has 2 aromatic carbocycles. The number of allylic oxidation sites excluding steroid dienone is 1. The van der Waals surface area contributed by atoms with Crippen LogP contribution in [0.25, 0.3) is 5.57 Å². The van der Waals surface area contributed by atoms with Crippen molar-refractivity contribution < 1.29 is 4.79 Å². The number of likely N-dealkylation sites (N-methyl/N-ethyl adjacent to an activating group) is 1. The number of rotatable bonds is 4. The van der Waals surface area contributed by atoms with E-state index < -0.39 is 0 Å². The quantitative estimate of drug-likeness (QED) is 0.472. The standard InChI is InChI=1S/C23H25Cl2N3O/c1-6-28-21-9-14(2)17(10-18(21)15(3)12-23(28,4)5)13-26-27-22(29)16-7-8-19(24)20(25)11-16/h7-13H,6H2,1-5H3,(H,27,29)/b26-13-. The molecule has 3 rings (SSSR count). The number of aryl methyl sites for hydroxylation is 1. The molecule has 0 aliphatic carbocycles. The summed E-state index contributed by atoms with van der Waals surface area (Å²) in [7, 11) is 0. The highest BCUT2D eigenvalue weighted by atomic mass is 35.5. The zero-order valence-corrected chi connectivity index (χ0v) is 18.8. The minimum Gasteiger partial charge on any atom is -0.363 e. The fraction of sp³-hybridized carbons (Fsp3) is 0.304. The number of nitrogens with zero attached hydrogens (tertiary/aromatic N) is 2. The molecular formula is C23H25Cl2N3O. The lowest BCUT2D eigenvalue weighted by atomic mass is 9.87. The van der Waals surface area contributed by atoms with Gasteiger partial charge in [-0.2, -0.15) is 5.10 Å². The number of halogens is 2. The molecule has 4 nitrogen and oxygen atoms in total. The molecule has 29 heavy (non-hydrogen) atoms. The number of benzene rings is 2. The third-order valence-electron chi connectivity index (χ3n) is 5.23. The molecule has 0 saturated heterocycles. The van der Waals surface area contributed by atoms with E-state index in [1.54, 1.807) is 18.3 Å². The van der Waals surface area contributed by atoms with Crippen molar-refractivity contribution in [2.75, 3.05) is 11.4 Å². The summed E-state index contributed by atoms with van der Waals surface area (Å²) >= 11 is 11.9. The van der Waals surface area contributed by atoms with Crippen LogP contribution in [0.1, 0.15) is 54.7 Å². The number of hydrogen-bond donors (Lipinski definition) is 1. The Morgan fingerprint density at radius 3 is 2.55 bits per heavy atom. The molecule has 0 fully saturated rings. The summed E-state index contributed by atoms with van der Waals surface area (Å²) in [6.07, 6.45) is 3.97. The van der Waals surface area contributed by atoms with Crippen LogP contribution in [0.2, 0.25) is 10.0 Å². The average Bonchev–Trinajstić information content (AvgIpc) is 2.64. The van der Waals surface area contributed by atoms with Crippen LogP contribution in [0.4, 0.5) is 5.69 Å². The highest BCUT2D eigenvalue weighted by molar-refractivity contribution is 6.42. The smallest absolute Gasteiger partial charge is 0.271 e. The number of fused-ring (bicyclic) bond motifs is 1. The largest absolute Gasteiger partial charge is 0.363 e. The Balaban J connectivity index is 1.84. The predicted molar refractivity (Wildman–Crippen MR) is 123 cm³/mol. The molecule has 0 bridgehead atoms. The van der Waals surface area contributed by atoms with Crippen LogP contribution in [0.3, 0.4) is 0 Å². The van der Waals surface area contributed by atoms with Crippen molar-refractivity contribution >= 4 is 46.6 Å². The molecule has 1 aliphatic heterocycles. The van der Waals surface area contributed by atoms with E-state index in [2.05, 4.69) is 68.3 Å². The molecule has 6 heteroatoms. The Morgan fingerprint density at radius 1 is 1.17 bits per heavy atom. The zero-order chi connectivity index (χ0) is 21.3. The zero-order valence-electron chi connectivity index (χ0n) is 17.3. The van der Waals surface area contributed by atoms with Gasteiger partial charge >= 0.3 is 0 Å². The lowest BCUT2D eigenvalue weighted by Crippen LogP contribution is -2.45. The molecule has 2 aromatic rings. The maximum atomic E-state index is 12.3. The normalized spacial score (nSPS) is 15.3. The van der Waals surface area contributed by atoms with Crippen molar-refractivity contribution in [3.8, 4) is 0 Å². The number of carbonyl (C=O) groups excluding carboxylic acids is 1. The van der Waals surface area contributed by atoms with Gasteiger partial charge in [0.05, 0.1) is 21.8 Å². The van der Waals surface area contributed by atoms with Crippen LogP contribution in [0.15, 0.2) is 41.5 Å². The second kappa shape index (κ2) is 8.21. The van der Waals surface area contributed by atoms with Gasteiger partial charge in [-0.15, -0.1) is 0 Å². The van der Waals surface area contributed by atoms with Gasteiger partial charge in [0.15, 0.2) is 0 Å². The lowest BCUT2D eigenvalue weighted by molar-refractivity contribution is 0.0955. The minimum atomic E-state index is -0.342. The number of anilines is 1. The Hall–Kier alpha value is -2.30. The van der Waals surface area contributed by atoms with Gasteiger partial charge in [0.1, 0.15) is 0 Å². The summed E-state index contributed by atoms with van der Waals surface area (Å²) in [5.74, 6) is -0.342. The minimum absolute atomic E-state index is 0.0261. The summed E-state index contributed by atoms with van der Waals surface area (Å²) in [5.41, 5.74) is 8.64. The first-order chi connectivity index (χ1) is 13.6. The van der Waals surface area contributed by atoms with Gasteiger partial charge in [-0.05, 0) is 81.7 Å². The summed E-state index contributed by atoms with van der Waals surface area (Å²) in [6, 6.07) is 9.04. The van der Waals surface area contributed by atoms with Crippen molar-refractivity contribution in [1.29, 1.82) is 0 Å². The molecule has 1 aliphatic rings. The van der Waals surface area contributed by atoms with Gasteiger partial charge < -0.3 is 4.90 Å². The number of hydrogen-bond acceptors (Lipinski definition) is 3. The summed E-state index contributed by atoms with van der Waals surface area (Å²) in [5, 5.41) is 4.88. The molecule has 0 spiro atoms. The Morgan fingerprint density at radius 2 is 1.90 bits per heavy atom. The Bertz CT molecular complexity index is 1030. The number of hydrazone groups is 1. The van der Waals surface area contributed by atoms with E-state index in [4.69, 9.17) is 23.2 Å². The molecule has 0 unspecified atom stereocenters. The molecule has 0 saturated carbocycles. The third-order valence-corrected chi connectivity index (χ3v) is 5.97. The predicted octanol–water partition coefficient (Wildman–Crippen LogP) is 6.09. The van der Waals surface area contributed by atoms with Crippen molar-refractivity contribution in [3.63, 3.8) is 0 Å². The third kappa shape index (κ3) is 4.34.